The number of para-hydroxylation sites is 1. The highest BCUT2D eigenvalue weighted by Gasteiger charge is 2.04. The first kappa shape index (κ1) is 15.7. The van der Waals surface area contributed by atoms with Gasteiger partial charge in [0.1, 0.15) is 12.4 Å². The highest BCUT2D eigenvalue weighted by molar-refractivity contribution is 6.35. The standard InChI is InChI=1S/C18H14Cl2N2O/c19-16-6-5-15(17(20)11-16)12-23-18-4-2-1-3-14(18)7-9-22-10-8-21-13-22/h1-11,13H,12H2. The highest BCUT2D eigenvalue weighted by atomic mass is 35.5. The molecule has 3 aromatic rings. The predicted molar refractivity (Wildman–Crippen MR) is 94.7 cm³/mol. The zero-order valence-electron chi connectivity index (χ0n) is 12.2. The van der Waals surface area contributed by atoms with Crippen molar-refractivity contribution < 1.29 is 4.74 Å². The average Bonchev–Trinajstić information content (AvgIpc) is 3.06. The predicted octanol–water partition coefficient (Wildman–Crippen LogP) is 5.40. The third-order valence-electron chi connectivity index (χ3n) is 3.27. The number of aromatic nitrogens is 2. The minimum absolute atomic E-state index is 0.381. The Morgan fingerprint density at radius 1 is 1.13 bits per heavy atom. The molecular weight excluding hydrogens is 331 g/mol. The molecule has 0 N–H and O–H groups in total. The molecule has 23 heavy (non-hydrogen) atoms. The van der Waals surface area contributed by atoms with E-state index in [1.54, 1.807) is 24.7 Å². The van der Waals surface area contributed by atoms with Gasteiger partial charge >= 0.3 is 0 Å². The first-order valence-corrected chi connectivity index (χ1v) is 7.79. The number of ether oxygens (including phenoxy) is 1. The molecule has 0 fully saturated rings. The molecule has 3 rings (SSSR count). The van der Waals surface area contributed by atoms with Gasteiger partial charge in [-0.3, -0.25) is 0 Å². The summed E-state index contributed by atoms with van der Waals surface area (Å²) in [7, 11) is 0. The number of imidazole rings is 1. The molecule has 0 aliphatic heterocycles. The molecule has 1 aromatic heterocycles. The van der Waals surface area contributed by atoms with Gasteiger partial charge in [-0.15, -0.1) is 0 Å². The van der Waals surface area contributed by atoms with Crippen molar-refractivity contribution in [1.29, 1.82) is 0 Å². The number of halogens is 2. The van der Waals surface area contributed by atoms with E-state index in [2.05, 4.69) is 4.98 Å². The highest BCUT2D eigenvalue weighted by Crippen LogP contribution is 2.25. The molecule has 0 bridgehead atoms. The van der Waals surface area contributed by atoms with Crippen LogP contribution in [0.1, 0.15) is 11.1 Å². The van der Waals surface area contributed by atoms with Crippen LogP contribution in [0.15, 0.2) is 61.2 Å². The Morgan fingerprint density at radius 2 is 2.00 bits per heavy atom. The molecule has 0 radical (unpaired) electrons. The topological polar surface area (TPSA) is 27.1 Å². The average molecular weight is 345 g/mol. The summed E-state index contributed by atoms with van der Waals surface area (Å²) < 4.78 is 7.78. The van der Waals surface area contributed by atoms with E-state index < -0.39 is 0 Å². The van der Waals surface area contributed by atoms with Gasteiger partial charge in [0.25, 0.3) is 0 Å². The molecule has 3 nitrogen and oxygen atoms in total. The van der Waals surface area contributed by atoms with Gasteiger partial charge in [-0.1, -0.05) is 47.5 Å². The number of hydrogen-bond donors (Lipinski definition) is 0. The van der Waals surface area contributed by atoms with Crippen LogP contribution >= 0.6 is 23.2 Å². The number of nitrogens with zero attached hydrogens (tertiary/aromatic N) is 2. The van der Waals surface area contributed by atoms with Gasteiger partial charge in [0, 0.05) is 39.8 Å². The van der Waals surface area contributed by atoms with Crippen LogP contribution in [0.5, 0.6) is 5.75 Å². The van der Waals surface area contributed by atoms with Crippen molar-refractivity contribution in [2.45, 2.75) is 6.61 Å². The van der Waals surface area contributed by atoms with E-state index >= 15 is 0 Å². The van der Waals surface area contributed by atoms with Crippen molar-refractivity contribution in [3.63, 3.8) is 0 Å². The first-order chi connectivity index (χ1) is 11.2. The minimum Gasteiger partial charge on any atom is -0.488 e. The third-order valence-corrected chi connectivity index (χ3v) is 3.86. The maximum absolute atomic E-state index is 6.18. The Hall–Kier alpha value is -2.23. The van der Waals surface area contributed by atoms with Gasteiger partial charge in [0.2, 0.25) is 0 Å². The molecule has 5 heteroatoms. The van der Waals surface area contributed by atoms with Crippen LogP contribution in [-0.4, -0.2) is 9.55 Å². The van der Waals surface area contributed by atoms with Crippen LogP contribution in [-0.2, 0) is 6.61 Å². The van der Waals surface area contributed by atoms with Gasteiger partial charge in [-0.2, -0.15) is 0 Å². The maximum atomic E-state index is 6.18. The summed E-state index contributed by atoms with van der Waals surface area (Å²) in [5.74, 6) is 0.787. The largest absolute Gasteiger partial charge is 0.488 e. The quantitative estimate of drug-likeness (QED) is 0.619. The van der Waals surface area contributed by atoms with Crippen LogP contribution in [0.3, 0.4) is 0 Å². The van der Waals surface area contributed by atoms with Crippen LogP contribution in [0, 0.1) is 0 Å². The number of hydrogen-bond acceptors (Lipinski definition) is 2. The lowest BCUT2D eigenvalue weighted by Gasteiger charge is -2.10. The second-order valence-corrected chi connectivity index (χ2v) is 5.73. The molecule has 0 saturated carbocycles. The Bertz CT molecular complexity index is 814. The van der Waals surface area contributed by atoms with Crippen molar-refractivity contribution in [1.82, 2.24) is 9.55 Å². The lowest BCUT2D eigenvalue weighted by atomic mass is 10.2. The van der Waals surface area contributed by atoms with Gasteiger partial charge in [0.05, 0.1) is 6.33 Å². The zero-order chi connectivity index (χ0) is 16.1. The summed E-state index contributed by atoms with van der Waals surface area (Å²) in [5.41, 5.74) is 1.87. The Balaban J connectivity index is 1.75. The summed E-state index contributed by atoms with van der Waals surface area (Å²) in [4.78, 5) is 4.00. The number of rotatable bonds is 5. The van der Waals surface area contributed by atoms with E-state index in [-0.39, 0.29) is 0 Å². The third kappa shape index (κ3) is 4.15. The van der Waals surface area contributed by atoms with E-state index in [1.165, 1.54) is 0 Å². The number of benzene rings is 2. The van der Waals surface area contributed by atoms with E-state index in [4.69, 9.17) is 27.9 Å². The van der Waals surface area contributed by atoms with Crippen molar-refractivity contribution >= 4 is 35.5 Å². The Labute approximate surface area is 144 Å². The molecule has 0 spiro atoms. The summed E-state index contributed by atoms with van der Waals surface area (Å²) in [6, 6.07) is 13.2. The molecule has 0 amide bonds. The molecule has 0 saturated heterocycles. The van der Waals surface area contributed by atoms with E-state index in [1.807, 2.05) is 53.4 Å². The van der Waals surface area contributed by atoms with Crippen molar-refractivity contribution in [2.75, 3.05) is 0 Å². The normalized spacial score (nSPS) is 11.0. The lowest BCUT2D eigenvalue weighted by molar-refractivity contribution is 0.305. The van der Waals surface area contributed by atoms with Gasteiger partial charge in [0.15, 0.2) is 0 Å². The maximum Gasteiger partial charge on any atom is 0.127 e. The summed E-state index contributed by atoms with van der Waals surface area (Å²) in [5, 5.41) is 1.21. The summed E-state index contributed by atoms with van der Waals surface area (Å²) in [6.45, 7) is 0.381. The van der Waals surface area contributed by atoms with Crippen LogP contribution in [0.2, 0.25) is 10.0 Å². The van der Waals surface area contributed by atoms with Crippen LogP contribution < -0.4 is 4.74 Å². The molecule has 2 aromatic carbocycles. The molecule has 116 valence electrons. The zero-order valence-corrected chi connectivity index (χ0v) is 13.7. The summed E-state index contributed by atoms with van der Waals surface area (Å²) >= 11 is 12.1. The molecule has 0 aliphatic rings. The molecule has 0 unspecified atom stereocenters. The van der Waals surface area contributed by atoms with Crippen LogP contribution in [0.25, 0.3) is 12.3 Å². The van der Waals surface area contributed by atoms with Gasteiger partial charge < -0.3 is 9.30 Å². The lowest BCUT2D eigenvalue weighted by Crippen LogP contribution is -1.97. The molecule has 0 atom stereocenters. The summed E-state index contributed by atoms with van der Waals surface area (Å²) in [6.07, 6.45) is 9.22. The van der Waals surface area contributed by atoms with E-state index in [0.717, 1.165) is 16.9 Å². The Morgan fingerprint density at radius 3 is 2.78 bits per heavy atom. The first-order valence-electron chi connectivity index (χ1n) is 7.04. The second-order valence-electron chi connectivity index (χ2n) is 4.89. The molecule has 0 aliphatic carbocycles. The smallest absolute Gasteiger partial charge is 0.127 e. The molecule has 1 heterocycles. The SMILES string of the molecule is Clc1ccc(COc2ccccc2C=Cn2ccnc2)c(Cl)c1. The van der Waals surface area contributed by atoms with Gasteiger partial charge in [-0.25, -0.2) is 4.98 Å². The van der Waals surface area contributed by atoms with Crippen LogP contribution in [0.4, 0.5) is 0 Å². The fourth-order valence-electron chi connectivity index (χ4n) is 2.07. The minimum atomic E-state index is 0.381. The fraction of sp³-hybridized carbons (Fsp3) is 0.0556. The van der Waals surface area contributed by atoms with Crippen molar-refractivity contribution in [3.05, 3.63) is 82.4 Å². The van der Waals surface area contributed by atoms with E-state index in [0.29, 0.717) is 16.7 Å². The second kappa shape index (κ2) is 7.36. The fourth-order valence-corrected chi connectivity index (χ4v) is 2.53. The van der Waals surface area contributed by atoms with E-state index in [9.17, 15) is 0 Å². The van der Waals surface area contributed by atoms with Crippen molar-refractivity contribution in [3.8, 4) is 5.75 Å². The van der Waals surface area contributed by atoms with Crippen molar-refractivity contribution in [2.24, 2.45) is 0 Å². The monoisotopic (exact) mass is 344 g/mol. The molecular formula is C18H14Cl2N2O. The van der Waals surface area contributed by atoms with Gasteiger partial charge in [-0.05, 0) is 24.3 Å². The Kier molecular flexibility index (Phi) is 5.01.